The smallest absolute Gasteiger partial charge is 0.130 e. The second kappa shape index (κ2) is 5.89. The Hall–Kier alpha value is -0.800. The molecule has 1 atom stereocenters. The maximum Gasteiger partial charge on any atom is 0.130 e. The minimum atomic E-state index is 0.356. The number of hydrogen-bond donors (Lipinski definition) is 0. The van der Waals surface area contributed by atoms with Crippen LogP contribution in [0.15, 0.2) is 30.3 Å². The van der Waals surface area contributed by atoms with Gasteiger partial charge in [-0.2, -0.15) is 5.10 Å². The van der Waals surface area contributed by atoms with Crippen molar-refractivity contribution in [1.29, 1.82) is 0 Å². The van der Waals surface area contributed by atoms with E-state index in [2.05, 4.69) is 45.3 Å². The lowest BCUT2D eigenvalue weighted by Gasteiger charge is -2.09. The maximum absolute atomic E-state index is 6.23. The van der Waals surface area contributed by atoms with Gasteiger partial charge in [0, 0.05) is 17.4 Å². The summed E-state index contributed by atoms with van der Waals surface area (Å²) in [5, 5.41) is 5.08. The zero-order valence-corrected chi connectivity index (χ0v) is 12.9. The van der Waals surface area contributed by atoms with Crippen LogP contribution < -0.4 is 0 Å². The molecule has 0 bridgehead atoms. The van der Waals surface area contributed by atoms with Gasteiger partial charge in [0.05, 0.1) is 5.69 Å². The zero-order chi connectivity index (χ0) is 13.1. The fraction of sp³-hybridized carbons (Fsp3) is 0.357. The fourth-order valence-electron chi connectivity index (χ4n) is 2.06. The summed E-state index contributed by atoms with van der Waals surface area (Å²) in [5.74, 6) is 0. The van der Waals surface area contributed by atoms with E-state index in [1.54, 1.807) is 4.68 Å². The van der Waals surface area contributed by atoms with Crippen molar-refractivity contribution in [3.8, 4) is 0 Å². The number of halogens is 2. The topological polar surface area (TPSA) is 17.8 Å². The molecule has 4 heteroatoms. The highest BCUT2D eigenvalue weighted by Crippen LogP contribution is 2.30. The molecule has 1 unspecified atom stereocenters. The van der Waals surface area contributed by atoms with Crippen LogP contribution in [0.3, 0.4) is 0 Å². The molecule has 0 radical (unpaired) electrons. The fourth-order valence-corrected chi connectivity index (χ4v) is 2.86. The summed E-state index contributed by atoms with van der Waals surface area (Å²) in [4.78, 5) is 0.356. The molecule has 1 aromatic heterocycles. The molecule has 2 aromatic rings. The van der Waals surface area contributed by atoms with Crippen molar-refractivity contribution in [2.24, 2.45) is 7.05 Å². The minimum absolute atomic E-state index is 0.356. The van der Waals surface area contributed by atoms with Crippen molar-refractivity contribution in [2.45, 2.75) is 24.6 Å². The highest BCUT2D eigenvalue weighted by atomic mass is 79.9. The van der Waals surface area contributed by atoms with Crippen molar-refractivity contribution in [3.63, 3.8) is 0 Å². The van der Waals surface area contributed by atoms with Crippen molar-refractivity contribution in [3.05, 3.63) is 52.3 Å². The van der Waals surface area contributed by atoms with Crippen LogP contribution in [0.2, 0.25) is 5.15 Å². The quantitative estimate of drug-likeness (QED) is 0.759. The Morgan fingerprint density at radius 2 is 2.00 bits per heavy atom. The Bertz CT molecular complexity index is 522. The van der Waals surface area contributed by atoms with Crippen LogP contribution in [-0.4, -0.2) is 9.78 Å². The summed E-state index contributed by atoms with van der Waals surface area (Å²) in [6.45, 7) is 2.01. The van der Waals surface area contributed by atoms with Gasteiger partial charge >= 0.3 is 0 Å². The number of aryl methyl sites for hydroxylation is 2. The molecule has 0 aliphatic rings. The lowest BCUT2D eigenvalue weighted by molar-refractivity contribution is 0.757. The summed E-state index contributed by atoms with van der Waals surface area (Å²) in [6.07, 6.45) is 1.94. The van der Waals surface area contributed by atoms with E-state index in [0.717, 1.165) is 29.3 Å². The minimum Gasteiger partial charge on any atom is -0.257 e. The van der Waals surface area contributed by atoms with Crippen LogP contribution in [0.5, 0.6) is 0 Å². The van der Waals surface area contributed by atoms with Crippen LogP contribution in [0.1, 0.15) is 28.1 Å². The summed E-state index contributed by atoms with van der Waals surface area (Å²) >= 11 is 9.96. The van der Waals surface area contributed by atoms with Crippen molar-refractivity contribution in [1.82, 2.24) is 9.78 Å². The molecule has 0 spiro atoms. The first kappa shape index (κ1) is 13.6. The van der Waals surface area contributed by atoms with E-state index in [4.69, 9.17) is 11.6 Å². The molecule has 96 valence electrons. The third kappa shape index (κ3) is 2.96. The van der Waals surface area contributed by atoms with Gasteiger partial charge in [0.1, 0.15) is 5.15 Å². The first-order valence-corrected chi connectivity index (χ1v) is 7.26. The maximum atomic E-state index is 6.23. The van der Waals surface area contributed by atoms with Gasteiger partial charge in [-0.15, -0.1) is 0 Å². The molecule has 0 N–H and O–H groups in total. The van der Waals surface area contributed by atoms with Gasteiger partial charge in [0.2, 0.25) is 0 Å². The van der Waals surface area contributed by atoms with Gasteiger partial charge in [0.25, 0.3) is 0 Å². The van der Waals surface area contributed by atoms with Gasteiger partial charge in [-0.25, -0.2) is 0 Å². The van der Waals surface area contributed by atoms with Gasteiger partial charge in [-0.3, -0.25) is 4.68 Å². The van der Waals surface area contributed by atoms with Crippen LogP contribution in [0, 0.1) is 6.92 Å². The lowest BCUT2D eigenvalue weighted by atomic mass is 10.0. The van der Waals surface area contributed by atoms with E-state index in [1.807, 2.05) is 20.0 Å². The molecule has 0 saturated carbocycles. The Labute approximate surface area is 121 Å². The van der Waals surface area contributed by atoms with Gasteiger partial charge in [0.15, 0.2) is 0 Å². The predicted octanol–water partition coefficient (Wildman–Crippen LogP) is 4.45. The highest BCUT2D eigenvalue weighted by Gasteiger charge is 2.13. The van der Waals surface area contributed by atoms with Gasteiger partial charge in [-0.1, -0.05) is 57.9 Å². The molecule has 0 fully saturated rings. The van der Waals surface area contributed by atoms with Gasteiger partial charge in [-0.05, 0) is 25.3 Å². The van der Waals surface area contributed by atoms with Crippen LogP contribution in [-0.2, 0) is 13.5 Å². The number of alkyl halides is 1. The number of nitrogens with zero attached hydrogens (tertiary/aromatic N) is 2. The number of aromatic nitrogens is 2. The van der Waals surface area contributed by atoms with Crippen LogP contribution >= 0.6 is 27.5 Å². The predicted molar refractivity (Wildman–Crippen MR) is 79.4 cm³/mol. The van der Waals surface area contributed by atoms with Crippen molar-refractivity contribution < 1.29 is 0 Å². The molecular formula is C14H16BrClN2. The molecule has 0 saturated heterocycles. The Balaban J connectivity index is 2.04. The molecule has 0 aliphatic heterocycles. The standard InChI is InChI=1S/C14H16BrClN2/c1-10-12(14(16)18(2)17-10)8-9-13(15)11-6-4-3-5-7-11/h3-7,13H,8-9H2,1-2H3. The average Bonchev–Trinajstić information content (AvgIpc) is 2.62. The summed E-state index contributed by atoms with van der Waals surface area (Å²) in [7, 11) is 1.88. The third-order valence-electron chi connectivity index (χ3n) is 3.08. The van der Waals surface area contributed by atoms with Crippen LogP contribution in [0.4, 0.5) is 0 Å². The van der Waals surface area contributed by atoms with E-state index in [0.29, 0.717) is 4.83 Å². The lowest BCUT2D eigenvalue weighted by Crippen LogP contribution is -1.95. The first-order chi connectivity index (χ1) is 8.59. The van der Waals surface area contributed by atoms with E-state index in [9.17, 15) is 0 Å². The summed E-state index contributed by atoms with van der Waals surface area (Å²) in [6, 6.07) is 10.4. The molecule has 2 nitrogen and oxygen atoms in total. The molecule has 0 amide bonds. The average molecular weight is 328 g/mol. The summed E-state index contributed by atoms with van der Waals surface area (Å²) < 4.78 is 1.73. The molecule has 1 heterocycles. The van der Waals surface area contributed by atoms with E-state index in [-0.39, 0.29) is 0 Å². The van der Waals surface area contributed by atoms with Crippen LogP contribution in [0.25, 0.3) is 0 Å². The molecule has 18 heavy (non-hydrogen) atoms. The number of benzene rings is 1. The van der Waals surface area contributed by atoms with Gasteiger partial charge < -0.3 is 0 Å². The second-order valence-corrected chi connectivity index (χ2v) is 5.86. The third-order valence-corrected chi connectivity index (χ3v) is 4.54. The van der Waals surface area contributed by atoms with Crippen molar-refractivity contribution in [2.75, 3.05) is 0 Å². The van der Waals surface area contributed by atoms with E-state index in [1.165, 1.54) is 5.56 Å². The summed E-state index contributed by atoms with van der Waals surface area (Å²) in [5.41, 5.74) is 3.48. The molecule has 0 aliphatic carbocycles. The monoisotopic (exact) mass is 326 g/mol. The zero-order valence-electron chi connectivity index (χ0n) is 10.5. The SMILES string of the molecule is Cc1nn(C)c(Cl)c1CCC(Br)c1ccccc1. The van der Waals surface area contributed by atoms with E-state index < -0.39 is 0 Å². The normalized spacial score (nSPS) is 12.7. The first-order valence-electron chi connectivity index (χ1n) is 5.96. The Morgan fingerprint density at radius 3 is 2.56 bits per heavy atom. The second-order valence-electron chi connectivity index (χ2n) is 4.40. The molecule has 1 aromatic carbocycles. The van der Waals surface area contributed by atoms with Crippen molar-refractivity contribution >= 4 is 27.5 Å². The molecule has 2 rings (SSSR count). The highest BCUT2D eigenvalue weighted by molar-refractivity contribution is 9.09. The number of rotatable bonds is 4. The Kier molecular flexibility index (Phi) is 4.46. The number of hydrogen-bond acceptors (Lipinski definition) is 1. The van der Waals surface area contributed by atoms with E-state index >= 15 is 0 Å². The Morgan fingerprint density at radius 1 is 1.33 bits per heavy atom. The molecular weight excluding hydrogens is 312 g/mol. The largest absolute Gasteiger partial charge is 0.257 e.